The fourth-order valence-corrected chi connectivity index (χ4v) is 2.71. The van der Waals surface area contributed by atoms with Crippen LogP contribution in [0.4, 0.5) is 4.79 Å². The van der Waals surface area contributed by atoms with E-state index in [0.29, 0.717) is 19.5 Å². The molecule has 0 aliphatic carbocycles. The second-order valence-corrected chi connectivity index (χ2v) is 5.56. The second kappa shape index (κ2) is 6.15. The third-order valence-corrected chi connectivity index (χ3v) is 4.13. The summed E-state index contributed by atoms with van der Waals surface area (Å²) >= 11 is 0. The minimum absolute atomic E-state index is 0.205. The molecule has 0 spiro atoms. The molecule has 1 saturated heterocycles. The Labute approximate surface area is 123 Å². The van der Waals surface area contributed by atoms with Crippen molar-refractivity contribution in [3.05, 3.63) is 17.0 Å². The highest BCUT2D eigenvalue weighted by Gasteiger charge is 2.28. The molecule has 0 saturated carbocycles. The SMILES string of the molecule is Cc1nn(C)c(C)c1CNC(=O)N1CCC[C@@H](C(=O)O)C1. The van der Waals surface area contributed by atoms with Crippen LogP contribution in [0.5, 0.6) is 0 Å². The summed E-state index contributed by atoms with van der Waals surface area (Å²) in [6.07, 6.45) is 1.37. The van der Waals surface area contributed by atoms with Gasteiger partial charge in [-0.15, -0.1) is 0 Å². The lowest BCUT2D eigenvalue weighted by Crippen LogP contribution is -2.46. The van der Waals surface area contributed by atoms with Gasteiger partial charge in [-0.25, -0.2) is 4.79 Å². The number of rotatable bonds is 3. The Balaban J connectivity index is 1.94. The van der Waals surface area contributed by atoms with E-state index in [1.165, 1.54) is 0 Å². The van der Waals surface area contributed by atoms with Crippen LogP contribution < -0.4 is 5.32 Å². The minimum atomic E-state index is -0.827. The Bertz CT molecular complexity index is 553. The third kappa shape index (κ3) is 3.34. The number of aliphatic carboxylic acids is 1. The van der Waals surface area contributed by atoms with Crippen LogP contribution in [0.1, 0.15) is 29.8 Å². The van der Waals surface area contributed by atoms with Gasteiger partial charge in [0.2, 0.25) is 0 Å². The Kier molecular flexibility index (Phi) is 4.50. The van der Waals surface area contributed by atoms with E-state index in [1.54, 1.807) is 9.58 Å². The van der Waals surface area contributed by atoms with Gasteiger partial charge in [0.05, 0.1) is 11.6 Å². The summed E-state index contributed by atoms with van der Waals surface area (Å²) in [5.41, 5.74) is 2.94. The van der Waals surface area contributed by atoms with Crippen LogP contribution in [-0.2, 0) is 18.4 Å². The fraction of sp³-hybridized carbons (Fsp3) is 0.643. The molecule has 1 aliphatic heterocycles. The number of hydrogen-bond donors (Lipinski definition) is 2. The molecule has 2 amide bonds. The smallest absolute Gasteiger partial charge is 0.317 e. The topological polar surface area (TPSA) is 87.5 Å². The van der Waals surface area contributed by atoms with E-state index in [1.807, 2.05) is 20.9 Å². The van der Waals surface area contributed by atoms with Crippen molar-refractivity contribution in [1.29, 1.82) is 0 Å². The predicted molar refractivity (Wildman–Crippen MR) is 76.9 cm³/mol. The Morgan fingerprint density at radius 2 is 2.14 bits per heavy atom. The summed E-state index contributed by atoms with van der Waals surface area (Å²) in [6.45, 7) is 5.18. The van der Waals surface area contributed by atoms with Crippen LogP contribution in [0.15, 0.2) is 0 Å². The molecule has 0 aromatic carbocycles. The molecule has 116 valence electrons. The summed E-state index contributed by atoms with van der Waals surface area (Å²) in [5, 5.41) is 16.2. The van der Waals surface area contributed by atoms with Gasteiger partial charge in [0.15, 0.2) is 0 Å². The van der Waals surface area contributed by atoms with E-state index in [-0.39, 0.29) is 12.6 Å². The van der Waals surface area contributed by atoms with Gasteiger partial charge >= 0.3 is 12.0 Å². The molecule has 0 unspecified atom stereocenters. The van der Waals surface area contributed by atoms with Crippen LogP contribution in [0.25, 0.3) is 0 Å². The highest BCUT2D eigenvalue weighted by Crippen LogP contribution is 2.17. The van der Waals surface area contributed by atoms with Crippen molar-refractivity contribution >= 4 is 12.0 Å². The molecule has 0 bridgehead atoms. The standard InChI is InChI=1S/C14H22N4O3/c1-9-12(10(2)17(3)16-9)7-15-14(21)18-6-4-5-11(8-18)13(19)20/h11H,4-8H2,1-3H3,(H,15,21)(H,19,20)/t11-/m1/s1. The van der Waals surface area contributed by atoms with Crippen molar-refractivity contribution in [2.45, 2.75) is 33.2 Å². The number of carbonyl (C=O) groups is 2. The average Bonchev–Trinajstić information content (AvgIpc) is 2.70. The molecular formula is C14H22N4O3. The number of carbonyl (C=O) groups excluding carboxylic acids is 1. The Hall–Kier alpha value is -2.05. The molecule has 7 nitrogen and oxygen atoms in total. The first kappa shape index (κ1) is 15.3. The van der Waals surface area contributed by atoms with Gasteiger partial charge in [-0.05, 0) is 26.7 Å². The van der Waals surface area contributed by atoms with E-state index in [0.717, 1.165) is 23.4 Å². The monoisotopic (exact) mass is 294 g/mol. The molecule has 2 N–H and O–H groups in total. The molecule has 1 aliphatic rings. The first-order valence-electron chi connectivity index (χ1n) is 7.14. The van der Waals surface area contributed by atoms with Gasteiger partial charge in [-0.1, -0.05) is 0 Å². The van der Waals surface area contributed by atoms with Crippen LogP contribution in [0.2, 0.25) is 0 Å². The quantitative estimate of drug-likeness (QED) is 0.872. The van der Waals surface area contributed by atoms with E-state index in [9.17, 15) is 9.59 Å². The number of urea groups is 1. The van der Waals surface area contributed by atoms with Gasteiger partial charge in [-0.2, -0.15) is 5.10 Å². The lowest BCUT2D eigenvalue weighted by Gasteiger charge is -2.30. The molecule has 21 heavy (non-hydrogen) atoms. The molecule has 1 atom stereocenters. The van der Waals surface area contributed by atoms with Crippen molar-refractivity contribution in [2.24, 2.45) is 13.0 Å². The summed E-state index contributed by atoms with van der Waals surface area (Å²) in [4.78, 5) is 24.8. The first-order valence-corrected chi connectivity index (χ1v) is 7.14. The first-order chi connectivity index (χ1) is 9.90. The van der Waals surface area contributed by atoms with E-state index in [4.69, 9.17) is 5.11 Å². The van der Waals surface area contributed by atoms with Crippen molar-refractivity contribution in [2.75, 3.05) is 13.1 Å². The molecule has 1 fully saturated rings. The van der Waals surface area contributed by atoms with Crippen LogP contribution >= 0.6 is 0 Å². The van der Waals surface area contributed by atoms with Crippen molar-refractivity contribution < 1.29 is 14.7 Å². The fourth-order valence-electron chi connectivity index (χ4n) is 2.71. The van der Waals surface area contributed by atoms with E-state index in [2.05, 4.69) is 10.4 Å². The zero-order valence-electron chi connectivity index (χ0n) is 12.7. The number of nitrogens with zero attached hydrogens (tertiary/aromatic N) is 3. The largest absolute Gasteiger partial charge is 0.481 e. The molecule has 7 heteroatoms. The number of aryl methyl sites for hydroxylation is 2. The summed E-state index contributed by atoms with van der Waals surface area (Å²) < 4.78 is 1.79. The number of aromatic nitrogens is 2. The lowest BCUT2D eigenvalue weighted by molar-refractivity contribution is -0.143. The molecule has 1 aromatic heterocycles. The molecule has 2 rings (SSSR count). The molecular weight excluding hydrogens is 272 g/mol. The normalized spacial score (nSPS) is 18.6. The Morgan fingerprint density at radius 3 is 2.71 bits per heavy atom. The average molecular weight is 294 g/mol. The minimum Gasteiger partial charge on any atom is -0.481 e. The highest BCUT2D eigenvalue weighted by molar-refractivity contribution is 5.76. The van der Waals surface area contributed by atoms with Crippen molar-refractivity contribution in [3.8, 4) is 0 Å². The van der Waals surface area contributed by atoms with Crippen LogP contribution in [0, 0.1) is 19.8 Å². The maximum absolute atomic E-state index is 12.2. The molecule has 1 aromatic rings. The van der Waals surface area contributed by atoms with Crippen molar-refractivity contribution in [3.63, 3.8) is 0 Å². The van der Waals surface area contributed by atoms with Gasteiger partial charge in [0, 0.05) is 37.9 Å². The molecule has 0 radical (unpaired) electrons. The van der Waals surface area contributed by atoms with Crippen LogP contribution in [0.3, 0.4) is 0 Å². The number of likely N-dealkylation sites (tertiary alicyclic amines) is 1. The van der Waals surface area contributed by atoms with E-state index >= 15 is 0 Å². The Morgan fingerprint density at radius 1 is 1.43 bits per heavy atom. The maximum atomic E-state index is 12.2. The lowest BCUT2D eigenvalue weighted by atomic mass is 9.99. The zero-order chi connectivity index (χ0) is 15.6. The maximum Gasteiger partial charge on any atom is 0.317 e. The van der Waals surface area contributed by atoms with E-state index < -0.39 is 11.9 Å². The van der Waals surface area contributed by atoms with Gasteiger partial charge in [-0.3, -0.25) is 9.48 Å². The van der Waals surface area contributed by atoms with Gasteiger partial charge < -0.3 is 15.3 Å². The predicted octanol–water partition coefficient (Wildman–Crippen LogP) is 1.04. The number of hydrogen-bond acceptors (Lipinski definition) is 3. The summed E-state index contributed by atoms with van der Waals surface area (Å²) in [5.74, 6) is -1.28. The second-order valence-electron chi connectivity index (χ2n) is 5.56. The van der Waals surface area contributed by atoms with Crippen molar-refractivity contribution in [1.82, 2.24) is 20.0 Å². The zero-order valence-corrected chi connectivity index (χ0v) is 12.7. The number of amides is 2. The number of carboxylic acids is 1. The number of carboxylic acid groups (broad SMARTS) is 1. The summed E-state index contributed by atoms with van der Waals surface area (Å²) in [6, 6.07) is -0.205. The summed E-state index contributed by atoms with van der Waals surface area (Å²) in [7, 11) is 1.87. The highest BCUT2D eigenvalue weighted by atomic mass is 16.4. The number of piperidine rings is 1. The van der Waals surface area contributed by atoms with Crippen LogP contribution in [-0.4, -0.2) is 44.9 Å². The molecule has 2 heterocycles. The third-order valence-electron chi connectivity index (χ3n) is 4.13. The van der Waals surface area contributed by atoms with Gasteiger partial charge in [0.25, 0.3) is 0 Å². The van der Waals surface area contributed by atoms with Gasteiger partial charge in [0.1, 0.15) is 0 Å². The number of nitrogens with one attached hydrogen (secondary N) is 1.